The number of methoxy groups -OCH3 is 1. The molecule has 0 unspecified atom stereocenters. The van der Waals surface area contributed by atoms with Gasteiger partial charge in [0.1, 0.15) is 5.75 Å². The second-order valence-electron chi connectivity index (χ2n) is 7.83. The Morgan fingerprint density at radius 2 is 1.92 bits per heavy atom. The predicted molar refractivity (Wildman–Crippen MR) is 105 cm³/mol. The van der Waals surface area contributed by atoms with E-state index in [2.05, 4.69) is 40.9 Å². The van der Waals surface area contributed by atoms with Gasteiger partial charge in [-0.05, 0) is 57.5 Å². The topological polar surface area (TPSA) is 36.0 Å². The molecule has 5 nitrogen and oxygen atoms in total. The van der Waals surface area contributed by atoms with Crippen molar-refractivity contribution in [2.75, 3.05) is 53.9 Å². The predicted octanol–water partition coefficient (Wildman–Crippen LogP) is 2.43. The van der Waals surface area contributed by atoms with E-state index in [1.165, 1.54) is 18.5 Å². The maximum Gasteiger partial charge on any atom is 0.223 e. The Hall–Kier alpha value is -1.59. The Bertz CT molecular complexity index is 599. The zero-order valence-corrected chi connectivity index (χ0v) is 16.5. The molecule has 144 valence electrons. The van der Waals surface area contributed by atoms with Gasteiger partial charge < -0.3 is 19.4 Å². The highest BCUT2D eigenvalue weighted by Gasteiger charge is 2.27. The Morgan fingerprint density at radius 1 is 1.19 bits per heavy atom. The summed E-state index contributed by atoms with van der Waals surface area (Å²) in [7, 11) is 6.06. The first-order chi connectivity index (χ1) is 12.6. The van der Waals surface area contributed by atoms with E-state index in [1.807, 2.05) is 12.1 Å². The molecule has 2 saturated heterocycles. The molecule has 2 aliphatic heterocycles. The average molecular weight is 360 g/mol. The van der Waals surface area contributed by atoms with Crippen molar-refractivity contribution in [2.45, 2.75) is 37.6 Å². The van der Waals surface area contributed by atoms with Crippen molar-refractivity contribution >= 4 is 5.91 Å². The second kappa shape index (κ2) is 8.87. The molecule has 0 saturated carbocycles. The summed E-state index contributed by atoms with van der Waals surface area (Å²) in [5.74, 6) is 1.77. The van der Waals surface area contributed by atoms with Gasteiger partial charge in [-0.15, -0.1) is 0 Å². The minimum atomic E-state index is 0.307. The summed E-state index contributed by atoms with van der Waals surface area (Å²) in [6.45, 7) is 4.87. The van der Waals surface area contributed by atoms with Gasteiger partial charge in [-0.25, -0.2) is 0 Å². The summed E-state index contributed by atoms with van der Waals surface area (Å²) in [5.41, 5.74) is 1.28. The first-order valence-corrected chi connectivity index (χ1v) is 9.88. The van der Waals surface area contributed by atoms with E-state index in [-0.39, 0.29) is 0 Å². The van der Waals surface area contributed by atoms with E-state index in [9.17, 15) is 4.79 Å². The van der Waals surface area contributed by atoms with Crippen LogP contribution in [0.5, 0.6) is 5.75 Å². The van der Waals surface area contributed by atoms with Crippen LogP contribution in [0.25, 0.3) is 0 Å². The number of amides is 1. The molecule has 0 aliphatic carbocycles. The van der Waals surface area contributed by atoms with Gasteiger partial charge in [-0.2, -0.15) is 0 Å². The van der Waals surface area contributed by atoms with Gasteiger partial charge in [-0.1, -0.05) is 18.2 Å². The van der Waals surface area contributed by atoms with Crippen LogP contribution in [0.15, 0.2) is 24.3 Å². The molecule has 3 rings (SSSR count). The third-order valence-electron chi connectivity index (χ3n) is 6.09. The van der Waals surface area contributed by atoms with Gasteiger partial charge in [0, 0.05) is 38.6 Å². The van der Waals surface area contributed by atoms with Crippen LogP contribution in [0.2, 0.25) is 0 Å². The summed E-state index contributed by atoms with van der Waals surface area (Å²) < 4.78 is 5.50. The van der Waals surface area contributed by atoms with E-state index in [4.69, 9.17) is 4.74 Å². The monoisotopic (exact) mass is 359 g/mol. The minimum Gasteiger partial charge on any atom is -0.496 e. The summed E-state index contributed by atoms with van der Waals surface area (Å²) in [6, 6.07) is 8.88. The van der Waals surface area contributed by atoms with Crippen LogP contribution in [0.3, 0.4) is 0 Å². The lowest BCUT2D eigenvalue weighted by atomic mass is 9.88. The van der Waals surface area contributed by atoms with E-state index in [1.54, 1.807) is 7.11 Å². The van der Waals surface area contributed by atoms with E-state index >= 15 is 0 Å². The van der Waals surface area contributed by atoms with Crippen LogP contribution in [0.1, 0.15) is 37.2 Å². The number of carbonyl (C=O) groups excluding carboxylic acids is 1. The third-order valence-corrected chi connectivity index (χ3v) is 6.09. The average Bonchev–Trinajstić information content (AvgIpc) is 3.12. The number of ether oxygens (including phenoxy) is 1. The molecular weight excluding hydrogens is 326 g/mol. The van der Waals surface area contributed by atoms with Crippen molar-refractivity contribution < 1.29 is 9.53 Å². The molecule has 5 heteroatoms. The summed E-state index contributed by atoms with van der Waals surface area (Å²) in [4.78, 5) is 19.4. The molecule has 0 spiro atoms. The number of carbonyl (C=O) groups is 1. The smallest absolute Gasteiger partial charge is 0.223 e. The van der Waals surface area contributed by atoms with Crippen molar-refractivity contribution in [1.82, 2.24) is 14.7 Å². The molecule has 0 N–H and O–H groups in total. The Balaban J connectivity index is 1.45. The maximum absolute atomic E-state index is 12.6. The third kappa shape index (κ3) is 4.57. The Labute approximate surface area is 157 Å². The molecular formula is C21H33N3O2. The van der Waals surface area contributed by atoms with E-state index in [0.717, 1.165) is 44.8 Å². The number of rotatable bonds is 6. The largest absolute Gasteiger partial charge is 0.496 e. The number of piperidine rings is 1. The number of nitrogens with zero attached hydrogens (tertiary/aromatic N) is 3. The van der Waals surface area contributed by atoms with Gasteiger partial charge in [0.2, 0.25) is 5.91 Å². The highest BCUT2D eigenvalue weighted by Crippen LogP contribution is 2.34. The molecule has 1 atom stereocenters. The SMILES string of the molecule is COc1ccccc1C1CCN(C(=O)CCN(C)[C@H]2CCN(C)C2)CC1. The van der Waals surface area contributed by atoms with Crippen molar-refractivity contribution in [3.8, 4) is 5.75 Å². The standard InChI is InChI=1S/C21H33N3O2/c1-22-12-10-18(16-22)23(2)13-11-21(25)24-14-8-17(9-15-24)19-6-4-5-7-20(19)26-3/h4-7,17-18H,8-16H2,1-3H3/t18-/m0/s1. The quantitative estimate of drug-likeness (QED) is 0.782. The lowest BCUT2D eigenvalue weighted by molar-refractivity contribution is -0.132. The maximum atomic E-state index is 12.6. The first kappa shape index (κ1) is 19.2. The number of hydrogen-bond acceptors (Lipinski definition) is 4. The fourth-order valence-electron chi connectivity index (χ4n) is 4.33. The van der Waals surface area contributed by atoms with Crippen molar-refractivity contribution in [3.05, 3.63) is 29.8 Å². The van der Waals surface area contributed by atoms with Crippen LogP contribution in [0, 0.1) is 0 Å². The summed E-state index contributed by atoms with van der Waals surface area (Å²) >= 11 is 0. The molecule has 0 radical (unpaired) electrons. The molecule has 1 aromatic rings. The van der Waals surface area contributed by atoms with Gasteiger partial charge in [-0.3, -0.25) is 4.79 Å². The highest BCUT2D eigenvalue weighted by molar-refractivity contribution is 5.76. The van der Waals surface area contributed by atoms with Gasteiger partial charge in [0.25, 0.3) is 0 Å². The minimum absolute atomic E-state index is 0.307. The fourth-order valence-corrected chi connectivity index (χ4v) is 4.33. The van der Waals surface area contributed by atoms with E-state index in [0.29, 0.717) is 24.3 Å². The lowest BCUT2D eigenvalue weighted by Gasteiger charge is -2.33. The number of hydrogen-bond donors (Lipinski definition) is 0. The first-order valence-electron chi connectivity index (χ1n) is 9.88. The Kier molecular flexibility index (Phi) is 6.54. The molecule has 1 aromatic carbocycles. The molecule has 2 aliphatic rings. The van der Waals surface area contributed by atoms with Gasteiger partial charge in [0.05, 0.1) is 7.11 Å². The van der Waals surface area contributed by atoms with Crippen molar-refractivity contribution in [2.24, 2.45) is 0 Å². The molecule has 0 aromatic heterocycles. The molecule has 26 heavy (non-hydrogen) atoms. The second-order valence-corrected chi connectivity index (χ2v) is 7.83. The fraction of sp³-hybridized carbons (Fsp3) is 0.667. The zero-order chi connectivity index (χ0) is 18.5. The van der Waals surface area contributed by atoms with Crippen LogP contribution < -0.4 is 4.74 Å². The molecule has 2 fully saturated rings. The lowest BCUT2D eigenvalue weighted by Crippen LogP contribution is -2.41. The number of likely N-dealkylation sites (tertiary alicyclic amines) is 2. The molecule has 2 heterocycles. The van der Waals surface area contributed by atoms with Crippen molar-refractivity contribution in [1.29, 1.82) is 0 Å². The summed E-state index contributed by atoms with van der Waals surface area (Å²) in [6.07, 6.45) is 3.90. The van der Waals surface area contributed by atoms with Gasteiger partial charge in [0.15, 0.2) is 0 Å². The van der Waals surface area contributed by atoms with Gasteiger partial charge >= 0.3 is 0 Å². The number of benzene rings is 1. The molecule has 1 amide bonds. The van der Waals surface area contributed by atoms with Crippen LogP contribution >= 0.6 is 0 Å². The number of para-hydroxylation sites is 1. The van der Waals surface area contributed by atoms with E-state index < -0.39 is 0 Å². The highest BCUT2D eigenvalue weighted by atomic mass is 16.5. The van der Waals surface area contributed by atoms with Crippen LogP contribution in [-0.4, -0.2) is 80.6 Å². The summed E-state index contributed by atoms with van der Waals surface area (Å²) in [5, 5.41) is 0. The van der Waals surface area contributed by atoms with Crippen LogP contribution in [0.4, 0.5) is 0 Å². The molecule has 0 bridgehead atoms. The van der Waals surface area contributed by atoms with Crippen molar-refractivity contribution in [3.63, 3.8) is 0 Å². The normalized spacial score (nSPS) is 22.2. The van der Waals surface area contributed by atoms with Crippen LogP contribution in [-0.2, 0) is 4.79 Å². The Morgan fingerprint density at radius 3 is 2.58 bits per heavy atom. The zero-order valence-electron chi connectivity index (χ0n) is 16.5. The number of likely N-dealkylation sites (N-methyl/N-ethyl adjacent to an activating group) is 2.